The van der Waals surface area contributed by atoms with E-state index in [9.17, 15) is 19.7 Å². The lowest BCUT2D eigenvalue weighted by Crippen LogP contribution is -2.30. The molecule has 0 radical (unpaired) electrons. The van der Waals surface area contributed by atoms with Gasteiger partial charge in [-0.05, 0) is 41.8 Å². The monoisotopic (exact) mass is 378 g/mol. The van der Waals surface area contributed by atoms with Crippen molar-refractivity contribution in [2.75, 3.05) is 12.4 Å². The van der Waals surface area contributed by atoms with Gasteiger partial charge in [0.15, 0.2) is 6.10 Å². The number of rotatable bonds is 8. The van der Waals surface area contributed by atoms with Crippen LogP contribution in [0.25, 0.3) is 0 Å². The lowest BCUT2D eigenvalue weighted by molar-refractivity contribution is -0.384. The number of carbonyl (C=O) groups excluding carboxylic acids is 2. The van der Waals surface area contributed by atoms with Crippen LogP contribution in [0.4, 0.5) is 11.4 Å². The van der Waals surface area contributed by atoms with Crippen molar-refractivity contribution in [2.45, 2.75) is 25.9 Å². The Morgan fingerprint density at radius 2 is 2.12 bits per heavy atom. The Hall–Kier alpha value is -2.94. The number of amides is 1. The molecule has 1 heterocycles. The number of non-ortho nitro benzene ring substituents is 1. The minimum Gasteiger partial charge on any atom is -0.494 e. The number of carbonyl (C=O) groups is 2. The highest BCUT2D eigenvalue weighted by Crippen LogP contribution is 2.29. The van der Waals surface area contributed by atoms with Crippen molar-refractivity contribution < 1.29 is 24.0 Å². The number of hydrogen-bond donors (Lipinski definition) is 1. The molecule has 9 heteroatoms. The molecule has 0 fully saturated rings. The highest BCUT2D eigenvalue weighted by Gasteiger charge is 2.20. The van der Waals surface area contributed by atoms with Gasteiger partial charge in [-0.15, -0.1) is 0 Å². The molecule has 1 atom stereocenters. The van der Waals surface area contributed by atoms with Gasteiger partial charge in [0.05, 0.1) is 23.8 Å². The highest BCUT2D eigenvalue weighted by molar-refractivity contribution is 7.07. The van der Waals surface area contributed by atoms with Crippen molar-refractivity contribution in [3.63, 3.8) is 0 Å². The predicted octanol–water partition coefficient (Wildman–Crippen LogP) is 3.17. The zero-order valence-electron chi connectivity index (χ0n) is 14.3. The van der Waals surface area contributed by atoms with Crippen LogP contribution < -0.4 is 10.1 Å². The van der Waals surface area contributed by atoms with Crippen molar-refractivity contribution in [1.29, 1.82) is 0 Å². The summed E-state index contributed by atoms with van der Waals surface area (Å²) in [5, 5.41) is 17.2. The maximum absolute atomic E-state index is 12.2. The molecule has 1 aromatic heterocycles. The number of benzene rings is 1. The van der Waals surface area contributed by atoms with Gasteiger partial charge < -0.3 is 14.8 Å². The molecule has 1 amide bonds. The Kier molecular flexibility index (Phi) is 6.67. The number of aryl methyl sites for hydroxylation is 1. The van der Waals surface area contributed by atoms with Gasteiger partial charge in [0, 0.05) is 12.5 Å². The first-order valence-electron chi connectivity index (χ1n) is 7.74. The van der Waals surface area contributed by atoms with E-state index in [1.807, 2.05) is 16.8 Å². The summed E-state index contributed by atoms with van der Waals surface area (Å²) in [7, 11) is 1.34. The van der Waals surface area contributed by atoms with Crippen LogP contribution in [0.3, 0.4) is 0 Å². The molecule has 2 aromatic rings. The van der Waals surface area contributed by atoms with Gasteiger partial charge in [-0.3, -0.25) is 19.7 Å². The van der Waals surface area contributed by atoms with E-state index in [1.54, 1.807) is 11.3 Å². The quantitative estimate of drug-likeness (QED) is 0.429. The van der Waals surface area contributed by atoms with Gasteiger partial charge in [0.25, 0.3) is 11.6 Å². The van der Waals surface area contributed by atoms with Crippen molar-refractivity contribution in [3.8, 4) is 5.75 Å². The number of anilines is 1. The number of esters is 1. The molecule has 0 saturated carbocycles. The third kappa shape index (κ3) is 5.28. The maximum atomic E-state index is 12.2. The summed E-state index contributed by atoms with van der Waals surface area (Å²) >= 11 is 1.55. The van der Waals surface area contributed by atoms with E-state index in [1.165, 1.54) is 32.2 Å². The van der Waals surface area contributed by atoms with Gasteiger partial charge in [-0.1, -0.05) is 0 Å². The fourth-order valence-electron chi connectivity index (χ4n) is 2.12. The molecule has 0 saturated heterocycles. The molecule has 0 aliphatic heterocycles. The minimum absolute atomic E-state index is 0.142. The Morgan fingerprint density at radius 1 is 1.35 bits per heavy atom. The number of thiophene rings is 1. The highest BCUT2D eigenvalue weighted by atomic mass is 32.1. The second-order valence-corrected chi connectivity index (χ2v) is 6.17. The predicted molar refractivity (Wildman–Crippen MR) is 96.5 cm³/mol. The second kappa shape index (κ2) is 8.95. The average molecular weight is 378 g/mol. The summed E-state index contributed by atoms with van der Waals surface area (Å²) in [6, 6.07) is 5.73. The molecular formula is C17H18N2O6S. The molecule has 1 aromatic carbocycles. The summed E-state index contributed by atoms with van der Waals surface area (Å²) in [4.78, 5) is 34.3. The topological polar surface area (TPSA) is 108 Å². The molecule has 138 valence electrons. The van der Waals surface area contributed by atoms with Crippen LogP contribution in [0.15, 0.2) is 35.0 Å². The molecule has 0 unspecified atom stereocenters. The van der Waals surface area contributed by atoms with E-state index in [4.69, 9.17) is 9.47 Å². The van der Waals surface area contributed by atoms with Crippen LogP contribution in [0.1, 0.15) is 18.9 Å². The average Bonchev–Trinajstić information content (AvgIpc) is 3.13. The molecule has 1 N–H and O–H groups in total. The summed E-state index contributed by atoms with van der Waals surface area (Å²) < 4.78 is 10.2. The smallest absolute Gasteiger partial charge is 0.306 e. The molecule has 0 aliphatic rings. The van der Waals surface area contributed by atoms with Crippen molar-refractivity contribution in [1.82, 2.24) is 0 Å². The first kappa shape index (κ1) is 19.4. The Bertz CT molecular complexity index is 791. The summed E-state index contributed by atoms with van der Waals surface area (Å²) in [6.07, 6.45) is -0.285. The molecule has 8 nitrogen and oxygen atoms in total. The lowest BCUT2D eigenvalue weighted by Gasteiger charge is -2.15. The minimum atomic E-state index is -1.01. The maximum Gasteiger partial charge on any atom is 0.306 e. The van der Waals surface area contributed by atoms with Crippen LogP contribution in [0.5, 0.6) is 5.75 Å². The summed E-state index contributed by atoms with van der Waals surface area (Å²) in [5.74, 6) is -0.890. The number of ether oxygens (including phenoxy) is 2. The van der Waals surface area contributed by atoms with Crippen molar-refractivity contribution in [3.05, 3.63) is 50.7 Å². The SMILES string of the molecule is COc1cc([N+](=O)[O-])ccc1NC(=O)[C@H](C)OC(=O)CCc1ccsc1. The molecule has 0 spiro atoms. The first-order valence-corrected chi connectivity index (χ1v) is 8.69. The van der Waals surface area contributed by atoms with Crippen molar-refractivity contribution >= 4 is 34.6 Å². The lowest BCUT2D eigenvalue weighted by atomic mass is 10.2. The van der Waals surface area contributed by atoms with E-state index in [0.29, 0.717) is 6.42 Å². The summed E-state index contributed by atoms with van der Waals surface area (Å²) in [6.45, 7) is 1.45. The van der Waals surface area contributed by atoms with Crippen LogP contribution >= 0.6 is 11.3 Å². The number of nitro benzene ring substituents is 1. The summed E-state index contributed by atoms with van der Waals surface area (Å²) in [5.41, 5.74) is 1.14. The largest absolute Gasteiger partial charge is 0.494 e. The fraction of sp³-hybridized carbons (Fsp3) is 0.294. The van der Waals surface area contributed by atoms with Crippen LogP contribution in [0.2, 0.25) is 0 Å². The normalized spacial score (nSPS) is 11.5. The van der Waals surface area contributed by atoms with Gasteiger partial charge in [-0.2, -0.15) is 11.3 Å². The molecule has 2 rings (SSSR count). The molecule has 26 heavy (non-hydrogen) atoms. The van der Waals surface area contributed by atoms with Crippen LogP contribution in [-0.4, -0.2) is 30.0 Å². The molecular weight excluding hydrogens is 360 g/mol. The number of nitro groups is 1. The van der Waals surface area contributed by atoms with Crippen molar-refractivity contribution in [2.24, 2.45) is 0 Å². The Labute approximate surface area is 153 Å². The zero-order valence-corrected chi connectivity index (χ0v) is 15.1. The standard InChI is InChI=1S/C17H18N2O6S/c1-11(25-16(20)6-3-12-7-8-26-10-12)17(21)18-14-5-4-13(19(22)23)9-15(14)24-2/h4-5,7-11H,3,6H2,1-2H3,(H,18,21)/t11-/m0/s1. The van der Waals surface area contributed by atoms with Crippen LogP contribution in [-0.2, 0) is 20.7 Å². The molecule has 0 aliphatic carbocycles. The van der Waals surface area contributed by atoms with Gasteiger partial charge in [0.2, 0.25) is 0 Å². The van der Waals surface area contributed by atoms with Gasteiger partial charge in [-0.25, -0.2) is 0 Å². The van der Waals surface area contributed by atoms with E-state index < -0.39 is 22.9 Å². The molecule has 0 bridgehead atoms. The fourth-order valence-corrected chi connectivity index (χ4v) is 2.83. The van der Waals surface area contributed by atoms with Gasteiger partial charge in [0.1, 0.15) is 5.75 Å². The van der Waals surface area contributed by atoms with Crippen LogP contribution in [0, 0.1) is 10.1 Å². The number of hydrogen-bond acceptors (Lipinski definition) is 7. The van der Waals surface area contributed by atoms with E-state index >= 15 is 0 Å². The number of nitrogens with zero attached hydrogens (tertiary/aromatic N) is 1. The third-order valence-corrected chi connectivity index (χ3v) is 4.26. The van der Waals surface area contributed by atoms with E-state index in [2.05, 4.69) is 5.32 Å². The number of methoxy groups -OCH3 is 1. The first-order chi connectivity index (χ1) is 12.4. The van der Waals surface area contributed by atoms with E-state index in [-0.39, 0.29) is 23.5 Å². The third-order valence-electron chi connectivity index (χ3n) is 3.53. The van der Waals surface area contributed by atoms with E-state index in [0.717, 1.165) is 5.56 Å². The zero-order chi connectivity index (χ0) is 19.1. The Balaban J connectivity index is 1.91. The van der Waals surface area contributed by atoms with Gasteiger partial charge >= 0.3 is 5.97 Å². The Morgan fingerprint density at radius 3 is 2.73 bits per heavy atom. The number of nitrogens with one attached hydrogen (secondary N) is 1. The second-order valence-electron chi connectivity index (χ2n) is 5.39.